The van der Waals surface area contributed by atoms with E-state index < -0.39 is 21.7 Å². The van der Waals surface area contributed by atoms with E-state index in [1.807, 2.05) is 0 Å². The Morgan fingerprint density at radius 2 is 2.12 bits per heavy atom. The van der Waals surface area contributed by atoms with Crippen molar-refractivity contribution in [2.75, 3.05) is 33.0 Å². The fourth-order valence-corrected chi connectivity index (χ4v) is 3.12. The Morgan fingerprint density at radius 3 is 2.71 bits per heavy atom. The molecule has 3 N–H and O–H groups in total. The van der Waals surface area contributed by atoms with Gasteiger partial charge in [-0.1, -0.05) is 12.1 Å². The van der Waals surface area contributed by atoms with Gasteiger partial charge in [-0.25, -0.2) is 13.1 Å². The number of benzene rings is 1. The van der Waals surface area contributed by atoms with Gasteiger partial charge in [-0.05, 0) is 18.6 Å². The average molecular weight is 358 g/mol. The van der Waals surface area contributed by atoms with Gasteiger partial charge in [-0.15, -0.1) is 0 Å². The minimum Gasteiger partial charge on any atom is -0.496 e. The van der Waals surface area contributed by atoms with E-state index in [0.717, 1.165) is 6.26 Å². The van der Waals surface area contributed by atoms with E-state index in [-0.39, 0.29) is 32.0 Å². The van der Waals surface area contributed by atoms with Gasteiger partial charge in [0, 0.05) is 19.6 Å². The zero-order chi connectivity index (χ0) is 18.0. The predicted octanol–water partition coefficient (Wildman–Crippen LogP) is -0.818. The van der Waals surface area contributed by atoms with Crippen LogP contribution in [0.4, 0.5) is 0 Å². The molecule has 1 aliphatic rings. The van der Waals surface area contributed by atoms with Crippen LogP contribution in [0.1, 0.15) is 16.8 Å². The maximum Gasteiger partial charge on any atom is 0.257 e. The van der Waals surface area contributed by atoms with Crippen molar-refractivity contribution in [1.29, 1.82) is 0 Å². The maximum atomic E-state index is 12.6. The molecule has 9 heteroatoms. The molecule has 0 aliphatic carbocycles. The average Bonchev–Trinajstić information content (AvgIpc) is 2.54. The molecule has 1 fully saturated rings. The standard InChI is InChI=1S/C15H22N2O6S/c1-23-12-6-4-3-5-11(12)14(19)17-8-7-15(20,13(18)9-17)10-16-24(2,21)22/h3-6,13,16,18,20H,7-10H2,1-2H3/t13-,15-/m1/s1. The molecule has 1 heterocycles. The lowest BCUT2D eigenvalue weighted by atomic mass is 9.88. The van der Waals surface area contributed by atoms with E-state index in [9.17, 15) is 23.4 Å². The number of aliphatic hydroxyl groups is 2. The third-order valence-electron chi connectivity index (χ3n) is 4.09. The Hall–Kier alpha value is -1.68. The molecule has 1 aliphatic heterocycles. The molecule has 0 aromatic heterocycles. The number of sulfonamides is 1. The largest absolute Gasteiger partial charge is 0.496 e. The number of carbonyl (C=O) groups is 1. The van der Waals surface area contributed by atoms with Crippen LogP contribution in [0.15, 0.2) is 24.3 Å². The molecule has 1 aromatic rings. The normalized spacial score (nSPS) is 24.7. The number of ether oxygens (including phenoxy) is 1. The second-order valence-electron chi connectivity index (χ2n) is 5.91. The smallest absolute Gasteiger partial charge is 0.257 e. The molecule has 1 saturated heterocycles. The third-order valence-corrected chi connectivity index (χ3v) is 4.76. The number of para-hydroxylation sites is 1. The first kappa shape index (κ1) is 18.7. The number of methoxy groups -OCH3 is 1. The first-order valence-corrected chi connectivity index (χ1v) is 9.33. The van der Waals surface area contributed by atoms with Crippen molar-refractivity contribution in [1.82, 2.24) is 9.62 Å². The number of nitrogens with one attached hydrogen (secondary N) is 1. The summed E-state index contributed by atoms with van der Waals surface area (Å²) in [6.45, 7) is -0.210. The van der Waals surface area contributed by atoms with Crippen LogP contribution in [-0.4, -0.2) is 74.1 Å². The van der Waals surface area contributed by atoms with E-state index >= 15 is 0 Å². The predicted molar refractivity (Wildman–Crippen MR) is 87.3 cm³/mol. The molecule has 2 atom stereocenters. The molecule has 0 unspecified atom stereocenters. The first-order valence-electron chi connectivity index (χ1n) is 7.44. The minimum absolute atomic E-state index is 0.0532. The molecule has 2 rings (SSSR count). The number of rotatable bonds is 5. The number of nitrogens with zero attached hydrogens (tertiary/aromatic N) is 1. The number of hydrogen-bond donors (Lipinski definition) is 3. The zero-order valence-electron chi connectivity index (χ0n) is 13.6. The fraction of sp³-hybridized carbons (Fsp3) is 0.533. The van der Waals surface area contributed by atoms with Crippen molar-refractivity contribution in [2.24, 2.45) is 0 Å². The van der Waals surface area contributed by atoms with Crippen LogP contribution in [0.25, 0.3) is 0 Å². The molecule has 134 valence electrons. The van der Waals surface area contributed by atoms with E-state index in [2.05, 4.69) is 4.72 Å². The fourth-order valence-electron chi connectivity index (χ4n) is 2.60. The summed E-state index contributed by atoms with van der Waals surface area (Å²) in [5.74, 6) is 0.112. The van der Waals surface area contributed by atoms with E-state index in [1.54, 1.807) is 24.3 Å². The second-order valence-corrected chi connectivity index (χ2v) is 7.75. The van der Waals surface area contributed by atoms with Gasteiger partial charge in [0.25, 0.3) is 5.91 Å². The lowest BCUT2D eigenvalue weighted by Crippen LogP contribution is -2.61. The zero-order valence-corrected chi connectivity index (χ0v) is 14.4. The van der Waals surface area contributed by atoms with Gasteiger partial charge >= 0.3 is 0 Å². The lowest BCUT2D eigenvalue weighted by Gasteiger charge is -2.42. The number of hydrogen-bond acceptors (Lipinski definition) is 6. The van der Waals surface area contributed by atoms with Gasteiger partial charge in [0.05, 0.1) is 18.9 Å². The van der Waals surface area contributed by atoms with Crippen LogP contribution in [0.3, 0.4) is 0 Å². The van der Waals surface area contributed by atoms with Gasteiger partial charge in [-0.2, -0.15) is 0 Å². The van der Waals surface area contributed by atoms with E-state index in [4.69, 9.17) is 4.74 Å². The topological polar surface area (TPSA) is 116 Å². The summed E-state index contributed by atoms with van der Waals surface area (Å²) in [5.41, 5.74) is -1.24. The summed E-state index contributed by atoms with van der Waals surface area (Å²) >= 11 is 0. The first-order chi connectivity index (χ1) is 11.2. The van der Waals surface area contributed by atoms with Gasteiger partial charge in [0.15, 0.2) is 0 Å². The minimum atomic E-state index is -3.49. The summed E-state index contributed by atoms with van der Waals surface area (Å²) in [6.07, 6.45) is -0.236. The van der Waals surface area contributed by atoms with Crippen molar-refractivity contribution in [3.63, 3.8) is 0 Å². The molecule has 1 aromatic carbocycles. The third kappa shape index (κ3) is 4.23. The summed E-state index contributed by atoms with van der Waals surface area (Å²) in [7, 11) is -2.02. The highest BCUT2D eigenvalue weighted by Crippen LogP contribution is 2.26. The number of carbonyl (C=O) groups excluding carboxylic acids is 1. The molecule has 0 spiro atoms. The van der Waals surface area contributed by atoms with Crippen LogP contribution >= 0.6 is 0 Å². The molecule has 0 radical (unpaired) electrons. The number of amides is 1. The Morgan fingerprint density at radius 1 is 1.46 bits per heavy atom. The molecule has 8 nitrogen and oxygen atoms in total. The van der Waals surface area contributed by atoms with Gasteiger partial charge in [0.2, 0.25) is 10.0 Å². The second kappa shape index (κ2) is 7.06. The van der Waals surface area contributed by atoms with Crippen molar-refractivity contribution in [3.05, 3.63) is 29.8 Å². The highest BCUT2D eigenvalue weighted by atomic mass is 32.2. The quantitative estimate of drug-likeness (QED) is 0.633. The molecular weight excluding hydrogens is 336 g/mol. The molecule has 0 bridgehead atoms. The highest BCUT2D eigenvalue weighted by Gasteiger charge is 2.42. The maximum absolute atomic E-state index is 12.6. The number of piperidine rings is 1. The Balaban J connectivity index is 2.08. The van der Waals surface area contributed by atoms with E-state index in [0.29, 0.717) is 11.3 Å². The van der Waals surface area contributed by atoms with Crippen molar-refractivity contribution in [2.45, 2.75) is 18.1 Å². The van der Waals surface area contributed by atoms with Crippen LogP contribution in [0, 0.1) is 0 Å². The summed E-state index contributed by atoms with van der Waals surface area (Å²) < 4.78 is 29.7. The molecule has 1 amide bonds. The molecule has 24 heavy (non-hydrogen) atoms. The lowest BCUT2D eigenvalue weighted by molar-refractivity contribution is -0.107. The Labute approximate surface area is 141 Å². The molecule has 0 saturated carbocycles. The summed E-state index contributed by atoms with van der Waals surface area (Å²) in [4.78, 5) is 14.0. The molecular formula is C15H22N2O6S. The van der Waals surface area contributed by atoms with Crippen molar-refractivity contribution in [3.8, 4) is 5.75 Å². The highest BCUT2D eigenvalue weighted by molar-refractivity contribution is 7.88. The Kier molecular flexibility index (Phi) is 5.49. The van der Waals surface area contributed by atoms with Crippen LogP contribution < -0.4 is 9.46 Å². The Bertz CT molecular complexity index is 708. The van der Waals surface area contributed by atoms with E-state index in [1.165, 1.54) is 12.0 Å². The number of aliphatic hydroxyl groups excluding tert-OH is 1. The van der Waals surface area contributed by atoms with Gasteiger partial charge < -0.3 is 19.8 Å². The van der Waals surface area contributed by atoms with Gasteiger partial charge in [-0.3, -0.25) is 4.79 Å². The van der Waals surface area contributed by atoms with Crippen LogP contribution in [0.5, 0.6) is 5.75 Å². The number of β-amino-alcohol motifs (C(OH)–C–C–N with tert-alkyl or cyclic N) is 1. The monoisotopic (exact) mass is 358 g/mol. The van der Waals surface area contributed by atoms with Gasteiger partial charge in [0.1, 0.15) is 17.5 Å². The van der Waals surface area contributed by atoms with Crippen LogP contribution in [0.2, 0.25) is 0 Å². The van der Waals surface area contributed by atoms with Crippen molar-refractivity contribution < 1.29 is 28.2 Å². The summed E-state index contributed by atoms with van der Waals surface area (Å²) in [6, 6.07) is 6.75. The van der Waals surface area contributed by atoms with Crippen molar-refractivity contribution >= 4 is 15.9 Å². The number of likely N-dealkylation sites (tertiary alicyclic amines) is 1. The summed E-state index contributed by atoms with van der Waals surface area (Å²) in [5, 5.41) is 20.6. The SMILES string of the molecule is COc1ccccc1C(=O)N1CC[C@@](O)(CNS(C)(=O)=O)[C@H](O)C1. The van der Waals surface area contributed by atoms with Crippen LogP contribution in [-0.2, 0) is 10.0 Å².